The van der Waals surface area contributed by atoms with Crippen LogP contribution >= 0.6 is 0 Å². The topological polar surface area (TPSA) is 86.9 Å². The Labute approximate surface area is 239 Å². The van der Waals surface area contributed by atoms with E-state index in [2.05, 4.69) is 40.1 Å². The number of piperazine rings is 1. The fourth-order valence-corrected chi connectivity index (χ4v) is 5.01. The van der Waals surface area contributed by atoms with Gasteiger partial charge in [-0.1, -0.05) is 13.5 Å². The molecule has 0 saturated carbocycles. The van der Waals surface area contributed by atoms with Crippen LogP contribution in [-0.2, 0) is 10.9 Å². The Hall–Kier alpha value is -3.80. The number of nitrogens with zero attached hydrogens (tertiary/aromatic N) is 7. The summed E-state index contributed by atoms with van der Waals surface area (Å²) in [7, 11) is 0. The van der Waals surface area contributed by atoms with Gasteiger partial charge in [-0.15, -0.1) is 0 Å². The Morgan fingerprint density at radius 3 is 2.41 bits per heavy atom. The lowest BCUT2D eigenvalue weighted by Crippen LogP contribution is -2.48. The van der Waals surface area contributed by atoms with E-state index in [0.29, 0.717) is 69.9 Å². The number of anilines is 3. The zero-order chi connectivity index (χ0) is 29.4. The molecule has 0 aliphatic carbocycles. The van der Waals surface area contributed by atoms with Crippen molar-refractivity contribution in [1.29, 1.82) is 0 Å². The highest BCUT2D eigenvalue weighted by Crippen LogP contribution is 2.35. The number of allylic oxidation sites excluding steroid dienone is 3. The van der Waals surface area contributed by atoms with Crippen molar-refractivity contribution in [2.24, 2.45) is 5.73 Å². The van der Waals surface area contributed by atoms with Gasteiger partial charge in [0, 0.05) is 75.9 Å². The van der Waals surface area contributed by atoms with E-state index in [4.69, 9.17) is 20.4 Å². The number of rotatable bonds is 10. The molecule has 12 heteroatoms. The smallest absolute Gasteiger partial charge is 0.405 e. The second-order valence-electron chi connectivity index (χ2n) is 9.89. The van der Waals surface area contributed by atoms with Crippen LogP contribution in [0.25, 0.3) is 5.57 Å². The van der Waals surface area contributed by atoms with Gasteiger partial charge in [0.15, 0.2) is 0 Å². The summed E-state index contributed by atoms with van der Waals surface area (Å²) in [5.41, 5.74) is 7.48. The van der Waals surface area contributed by atoms with E-state index in [0.717, 1.165) is 36.8 Å². The minimum atomic E-state index is -4.47. The van der Waals surface area contributed by atoms with E-state index >= 15 is 0 Å². The molecule has 41 heavy (non-hydrogen) atoms. The van der Waals surface area contributed by atoms with Crippen molar-refractivity contribution in [2.45, 2.75) is 26.4 Å². The van der Waals surface area contributed by atoms with E-state index < -0.39 is 11.7 Å². The molecule has 0 bridgehead atoms. The third-order valence-corrected chi connectivity index (χ3v) is 7.17. The van der Waals surface area contributed by atoms with Gasteiger partial charge in [-0.05, 0) is 43.8 Å². The highest BCUT2D eigenvalue weighted by Gasteiger charge is 2.36. The number of alkyl halides is 3. The number of halogens is 3. The summed E-state index contributed by atoms with van der Waals surface area (Å²) >= 11 is 0. The molecule has 2 N–H and O–H groups in total. The fraction of sp³-hybridized carbons (Fsp3) is 0.483. The van der Waals surface area contributed by atoms with Crippen LogP contribution in [0.3, 0.4) is 0 Å². The van der Waals surface area contributed by atoms with Crippen molar-refractivity contribution in [1.82, 2.24) is 19.9 Å². The van der Waals surface area contributed by atoms with Crippen molar-refractivity contribution in [3.05, 3.63) is 66.3 Å². The summed E-state index contributed by atoms with van der Waals surface area (Å²) < 4.78 is 46.4. The minimum absolute atomic E-state index is 0.0404. The van der Waals surface area contributed by atoms with Crippen LogP contribution in [0.15, 0.2) is 55.0 Å². The fourth-order valence-electron chi connectivity index (χ4n) is 5.01. The van der Waals surface area contributed by atoms with Crippen LogP contribution in [0.2, 0.25) is 0 Å². The molecule has 2 aromatic heterocycles. The molecular weight excluding hydrogens is 533 g/mol. The van der Waals surface area contributed by atoms with E-state index in [1.807, 2.05) is 12.1 Å². The Morgan fingerprint density at radius 2 is 1.78 bits per heavy atom. The second kappa shape index (κ2) is 13.7. The number of pyridine rings is 1. The first kappa shape index (κ1) is 30.2. The van der Waals surface area contributed by atoms with Crippen LogP contribution in [0, 0.1) is 0 Å². The molecular formula is C29H39F3N8O. The molecule has 2 aliphatic rings. The normalized spacial score (nSPS) is 16.9. The monoisotopic (exact) mass is 572 g/mol. The van der Waals surface area contributed by atoms with Gasteiger partial charge >= 0.3 is 6.18 Å². The molecule has 0 radical (unpaired) electrons. The van der Waals surface area contributed by atoms with Crippen LogP contribution in [-0.4, -0.2) is 85.4 Å². The molecule has 4 heterocycles. The van der Waals surface area contributed by atoms with Gasteiger partial charge in [-0.2, -0.15) is 18.2 Å². The third-order valence-electron chi connectivity index (χ3n) is 7.17. The zero-order valence-corrected chi connectivity index (χ0v) is 23.8. The number of morpholine rings is 1. The van der Waals surface area contributed by atoms with Crippen molar-refractivity contribution < 1.29 is 17.9 Å². The summed E-state index contributed by atoms with van der Waals surface area (Å²) in [5, 5.41) is 0. The highest BCUT2D eigenvalue weighted by molar-refractivity contribution is 5.76. The molecule has 9 nitrogen and oxygen atoms in total. The third kappa shape index (κ3) is 7.49. The molecule has 0 amide bonds. The maximum Gasteiger partial charge on any atom is 0.419 e. The molecule has 0 spiro atoms. The van der Waals surface area contributed by atoms with E-state index in [9.17, 15) is 13.2 Å². The molecule has 2 saturated heterocycles. The maximum atomic E-state index is 13.6. The largest absolute Gasteiger partial charge is 0.419 e. The summed E-state index contributed by atoms with van der Waals surface area (Å²) in [6, 6.07) is 4.30. The Kier molecular flexibility index (Phi) is 10.1. The first-order valence-corrected chi connectivity index (χ1v) is 14.0. The number of ether oxygens (including phenoxy) is 1. The number of nitrogens with two attached hydrogens (primary N) is 1. The maximum absolute atomic E-state index is 13.6. The quantitative estimate of drug-likeness (QED) is 0.422. The minimum Gasteiger partial charge on any atom is -0.405 e. The summed E-state index contributed by atoms with van der Waals surface area (Å²) in [6.07, 6.45) is 3.19. The van der Waals surface area contributed by atoms with E-state index in [1.165, 1.54) is 18.5 Å². The number of hydrogen-bond donors (Lipinski definition) is 1. The van der Waals surface area contributed by atoms with Crippen molar-refractivity contribution in [2.75, 3.05) is 80.3 Å². The Bertz CT molecular complexity index is 1230. The van der Waals surface area contributed by atoms with Gasteiger partial charge in [-0.25, -0.2) is 9.97 Å². The molecule has 2 aromatic rings. The number of aromatic nitrogens is 3. The summed E-state index contributed by atoms with van der Waals surface area (Å²) in [4.78, 5) is 21.9. The summed E-state index contributed by atoms with van der Waals surface area (Å²) in [6.45, 7) is 14.4. The molecule has 0 aromatic carbocycles. The Morgan fingerprint density at radius 1 is 1.07 bits per heavy atom. The van der Waals surface area contributed by atoms with Crippen molar-refractivity contribution >= 4 is 23.2 Å². The average Bonchev–Trinajstić information content (AvgIpc) is 2.99. The average molecular weight is 573 g/mol. The second-order valence-corrected chi connectivity index (χ2v) is 9.89. The molecule has 0 unspecified atom stereocenters. The van der Waals surface area contributed by atoms with Gasteiger partial charge < -0.3 is 30.1 Å². The molecule has 4 rings (SSSR count). The lowest BCUT2D eigenvalue weighted by Gasteiger charge is -2.37. The van der Waals surface area contributed by atoms with Crippen molar-refractivity contribution in [3.63, 3.8) is 0 Å². The van der Waals surface area contributed by atoms with Gasteiger partial charge in [0.05, 0.1) is 24.5 Å². The van der Waals surface area contributed by atoms with E-state index in [-0.39, 0.29) is 5.82 Å². The van der Waals surface area contributed by atoms with Crippen LogP contribution in [0.5, 0.6) is 0 Å². The molecule has 222 valence electrons. The zero-order valence-electron chi connectivity index (χ0n) is 23.8. The predicted octanol–water partition coefficient (Wildman–Crippen LogP) is 4.16. The first-order valence-electron chi connectivity index (χ1n) is 14.0. The Balaban J connectivity index is 1.65. The van der Waals surface area contributed by atoms with Gasteiger partial charge in [0.2, 0.25) is 5.95 Å². The highest BCUT2D eigenvalue weighted by atomic mass is 19.4. The SMILES string of the molecule is C=C(/C=C(\C=C/N)c1cc(N2CCN(c3ncccc3C(F)(F)F)CC2)nc(N2CCOCC2)n1)N(CC)CCC. The summed E-state index contributed by atoms with van der Waals surface area (Å²) in [5.74, 6) is 1.24. The van der Waals surface area contributed by atoms with Gasteiger partial charge in [0.1, 0.15) is 11.6 Å². The molecule has 0 atom stereocenters. The van der Waals surface area contributed by atoms with Gasteiger partial charge in [-0.3, -0.25) is 0 Å². The van der Waals surface area contributed by atoms with Crippen LogP contribution in [0.4, 0.5) is 30.8 Å². The molecule has 2 aliphatic heterocycles. The van der Waals surface area contributed by atoms with E-state index in [1.54, 1.807) is 11.0 Å². The lowest BCUT2D eigenvalue weighted by atomic mass is 10.1. The van der Waals surface area contributed by atoms with Crippen LogP contribution in [0.1, 0.15) is 31.5 Å². The standard InChI is InChI=1S/C29H39F3N8O/c1-4-11-37(5-2)22(3)20-23(8-9-33)25-21-26(36-28(35-25)40-16-18-41-19-17-40)38-12-14-39(15-13-38)27-24(29(30,31)32)7-6-10-34-27/h6-10,20-21H,3-5,11-19,33H2,1-2H3/b9-8-,23-20+. The van der Waals surface area contributed by atoms with Crippen molar-refractivity contribution in [3.8, 4) is 0 Å². The molecule has 2 fully saturated rings. The van der Waals surface area contributed by atoms with Gasteiger partial charge in [0.25, 0.3) is 0 Å². The number of likely N-dealkylation sites (N-methyl/N-ethyl adjacent to an activating group) is 1. The lowest BCUT2D eigenvalue weighted by molar-refractivity contribution is -0.137. The number of hydrogen-bond acceptors (Lipinski definition) is 9. The van der Waals surface area contributed by atoms with Crippen LogP contribution < -0.4 is 20.4 Å². The first-order chi connectivity index (χ1) is 19.7. The predicted molar refractivity (Wildman–Crippen MR) is 157 cm³/mol.